The minimum absolute atomic E-state index is 0.180. The number of hydrogen-bond donors (Lipinski definition) is 2. The standard InChI is InChI=1S/C16H22BrFN4OS/c1-15(9-19,7-3-4-8-21-11-23)24-10-16(2,20)14-12(18)5-6-13(17)22-14/h5-6,11H,3-4,7-8,10,20H2,1-2H3,(H,21,23). The lowest BCUT2D eigenvalue weighted by Crippen LogP contribution is -2.39. The van der Waals surface area contributed by atoms with E-state index >= 15 is 0 Å². The van der Waals surface area contributed by atoms with Crippen molar-refractivity contribution in [2.45, 2.75) is 43.4 Å². The minimum atomic E-state index is -0.990. The van der Waals surface area contributed by atoms with Crippen LogP contribution in [-0.4, -0.2) is 28.4 Å². The molecule has 0 fully saturated rings. The zero-order valence-electron chi connectivity index (χ0n) is 13.8. The maximum absolute atomic E-state index is 14.0. The molecule has 0 radical (unpaired) electrons. The van der Waals surface area contributed by atoms with Gasteiger partial charge in [0.15, 0.2) is 0 Å². The zero-order valence-corrected chi connectivity index (χ0v) is 16.2. The first-order valence-electron chi connectivity index (χ1n) is 7.58. The molecule has 0 aromatic carbocycles. The molecule has 0 saturated heterocycles. The highest BCUT2D eigenvalue weighted by Crippen LogP contribution is 2.35. The zero-order chi connectivity index (χ0) is 18.2. The number of amides is 1. The molecule has 132 valence electrons. The van der Waals surface area contributed by atoms with Gasteiger partial charge in [-0.3, -0.25) is 4.79 Å². The van der Waals surface area contributed by atoms with Gasteiger partial charge in [0.1, 0.15) is 10.4 Å². The molecule has 0 aliphatic rings. The Labute approximate surface area is 154 Å². The van der Waals surface area contributed by atoms with E-state index in [1.165, 1.54) is 23.9 Å². The van der Waals surface area contributed by atoms with Gasteiger partial charge in [0, 0.05) is 12.3 Å². The van der Waals surface area contributed by atoms with Crippen LogP contribution in [0.25, 0.3) is 0 Å². The Morgan fingerprint density at radius 3 is 2.83 bits per heavy atom. The summed E-state index contributed by atoms with van der Waals surface area (Å²) in [6, 6.07) is 5.16. The lowest BCUT2D eigenvalue weighted by Gasteiger charge is -2.29. The topological polar surface area (TPSA) is 91.8 Å². The summed E-state index contributed by atoms with van der Waals surface area (Å²) in [6.07, 6.45) is 2.94. The maximum atomic E-state index is 14.0. The minimum Gasteiger partial charge on any atom is -0.359 e. The van der Waals surface area contributed by atoms with Crippen molar-refractivity contribution in [1.29, 1.82) is 5.26 Å². The molecule has 1 heterocycles. The molecule has 8 heteroatoms. The highest BCUT2D eigenvalue weighted by Gasteiger charge is 2.32. The van der Waals surface area contributed by atoms with E-state index in [9.17, 15) is 14.4 Å². The van der Waals surface area contributed by atoms with E-state index in [2.05, 4.69) is 32.3 Å². The van der Waals surface area contributed by atoms with Gasteiger partial charge < -0.3 is 11.1 Å². The van der Waals surface area contributed by atoms with Crippen molar-refractivity contribution in [2.75, 3.05) is 12.3 Å². The van der Waals surface area contributed by atoms with Crippen molar-refractivity contribution >= 4 is 34.1 Å². The first-order valence-corrected chi connectivity index (χ1v) is 9.35. The number of nitrogens with zero attached hydrogens (tertiary/aromatic N) is 2. The number of halogens is 2. The van der Waals surface area contributed by atoms with Crippen molar-refractivity contribution in [3.63, 3.8) is 0 Å². The Hall–Kier alpha value is -1.17. The molecular formula is C16H22BrFN4OS. The molecule has 0 aliphatic carbocycles. The molecule has 5 nitrogen and oxygen atoms in total. The van der Waals surface area contributed by atoms with Crippen LogP contribution in [0.2, 0.25) is 0 Å². The second-order valence-corrected chi connectivity index (χ2v) is 8.33. The van der Waals surface area contributed by atoms with Crippen LogP contribution in [0.5, 0.6) is 0 Å². The van der Waals surface area contributed by atoms with Gasteiger partial charge in [-0.25, -0.2) is 9.37 Å². The number of carbonyl (C=O) groups excluding carboxylic acids is 1. The predicted octanol–water partition coefficient (Wildman–Crippen LogP) is 3.09. The van der Waals surface area contributed by atoms with Crippen LogP contribution >= 0.6 is 27.7 Å². The molecule has 1 rings (SSSR count). The molecule has 2 unspecified atom stereocenters. The number of nitrogens with one attached hydrogen (secondary N) is 1. The van der Waals surface area contributed by atoms with E-state index in [4.69, 9.17) is 5.73 Å². The van der Waals surface area contributed by atoms with Gasteiger partial charge in [-0.15, -0.1) is 11.8 Å². The summed E-state index contributed by atoms with van der Waals surface area (Å²) in [6.45, 7) is 4.16. The Balaban J connectivity index is 2.67. The fourth-order valence-electron chi connectivity index (χ4n) is 2.11. The third-order valence-electron chi connectivity index (χ3n) is 3.59. The van der Waals surface area contributed by atoms with Crippen molar-refractivity contribution in [3.05, 3.63) is 28.2 Å². The molecule has 1 aromatic heterocycles. The van der Waals surface area contributed by atoms with Gasteiger partial charge in [0.2, 0.25) is 6.41 Å². The second-order valence-electron chi connectivity index (χ2n) is 6.04. The number of nitriles is 1. The van der Waals surface area contributed by atoms with Gasteiger partial charge in [-0.05, 0) is 61.2 Å². The summed E-state index contributed by atoms with van der Waals surface area (Å²) in [4.78, 5) is 14.3. The number of nitrogens with two attached hydrogens (primary N) is 1. The highest BCUT2D eigenvalue weighted by atomic mass is 79.9. The smallest absolute Gasteiger partial charge is 0.207 e. The largest absolute Gasteiger partial charge is 0.359 e. The first-order chi connectivity index (χ1) is 11.2. The number of unbranched alkanes of at least 4 members (excludes halogenated alkanes) is 1. The Bertz CT molecular complexity index is 608. The monoisotopic (exact) mass is 416 g/mol. The molecule has 0 spiro atoms. The van der Waals surface area contributed by atoms with Crippen molar-refractivity contribution in [3.8, 4) is 6.07 Å². The first kappa shape index (κ1) is 20.9. The quantitative estimate of drug-likeness (QED) is 0.347. The SMILES string of the molecule is CC(C#N)(CCCCNC=O)SCC(C)(N)c1nc(Br)ccc1F. The molecule has 1 amide bonds. The van der Waals surface area contributed by atoms with Crippen LogP contribution in [-0.2, 0) is 10.3 Å². The Morgan fingerprint density at radius 2 is 2.21 bits per heavy atom. The molecular weight excluding hydrogens is 395 g/mol. The van der Waals surface area contributed by atoms with E-state index in [0.29, 0.717) is 29.7 Å². The average Bonchev–Trinajstić information content (AvgIpc) is 2.55. The van der Waals surface area contributed by atoms with Crippen LogP contribution in [0.1, 0.15) is 38.8 Å². The molecule has 0 saturated carbocycles. The van der Waals surface area contributed by atoms with Crippen molar-refractivity contribution in [1.82, 2.24) is 10.3 Å². The summed E-state index contributed by atoms with van der Waals surface area (Å²) in [5.74, 6) is -0.0910. The number of thioether (sulfide) groups is 1. The third-order valence-corrected chi connectivity index (χ3v) is 5.71. The number of rotatable bonds is 10. The summed E-state index contributed by atoms with van der Waals surface area (Å²) >= 11 is 4.63. The van der Waals surface area contributed by atoms with Crippen LogP contribution in [0.15, 0.2) is 16.7 Å². The number of hydrogen-bond acceptors (Lipinski definition) is 5. The molecule has 1 aromatic rings. The lowest BCUT2D eigenvalue weighted by atomic mass is 10.0. The third kappa shape index (κ3) is 6.38. The second kappa shape index (κ2) is 9.35. The van der Waals surface area contributed by atoms with Crippen LogP contribution in [0.4, 0.5) is 4.39 Å². The highest BCUT2D eigenvalue weighted by molar-refractivity contribution is 9.10. The Kier molecular flexibility index (Phi) is 8.13. The van der Waals surface area contributed by atoms with Gasteiger partial charge in [0.05, 0.1) is 22.0 Å². The van der Waals surface area contributed by atoms with Gasteiger partial charge in [-0.1, -0.05) is 0 Å². The number of aromatic nitrogens is 1. The van der Waals surface area contributed by atoms with E-state index in [-0.39, 0.29) is 5.69 Å². The number of carbonyl (C=O) groups is 1. The van der Waals surface area contributed by atoms with E-state index in [0.717, 1.165) is 12.8 Å². The number of pyridine rings is 1. The molecule has 0 aliphatic heterocycles. The van der Waals surface area contributed by atoms with Crippen molar-refractivity contribution in [2.24, 2.45) is 5.73 Å². The van der Waals surface area contributed by atoms with E-state index in [1.54, 1.807) is 6.92 Å². The summed E-state index contributed by atoms with van der Waals surface area (Å²) in [5, 5.41) is 12.1. The molecule has 2 atom stereocenters. The fraction of sp³-hybridized carbons (Fsp3) is 0.562. The molecule has 24 heavy (non-hydrogen) atoms. The van der Waals surface area contributed by atoms with Crippen LogP contribution in [0.3, 0.4) is 0 Å². The Morgan fingerprint density at radius 1 is 1.50 bits per heavy atom. The van der Waals surface area contributed by atoms with Crippen LogP contribution in [0, 0.1) is 17.1 Å². The average molecular weight is 417 g/mol. The van der Waals surface area contributed by atoms with Crippen LogP contribution < -0.4 is 11.1 Å². The van der Waals surface area contributed by atoms with E-state index in [1.807, 2.05) is 6.92 Å². The lowest BCUT2D eigenvalue weighted by molar-refractivity contribution is -0.109. The summed E-state index contributed by atoms with van der Waals surface area (Å²) < 4.78 is 13.9. The van der Waals surface area contributed by atoms with Gasteiger partial charge in [0.25, 0.3) is 0 Å². The summed E-state index contributed by atoms with van der Waals surface area (Å²) in [7, 11) is 0. The van der Waals surface area contributed by atoms with Crippen molar-refractivity contribution < 1.29 is 9.18 Å². The molecule has 3 N–H and O–H groups in total. The van der Waals surface area contributed by atoms with Gasteiger partial charge >= 0.3 is 0 Å². The maximum Gasteiger partial charge on any atom is 0.207 e. The molecule has 0 bridgehead atoms. The fourth-order valence-corrected chi connectivity index (χ4v) is 3.52. The summed E-state index contributed by atoms with van der Waals surface area (Å²) in [5.41, 5.74) is 5.45. The van der Waals surface area contributed by atoms with E-state index < -0.39 is 16.1 Å². The predicted molar refractivity (Wildman–Crippen MR) is 97.8 cm³/mol. The normalized spacial score (nSPS) is 15.8. The van der Waals surface area contributed by atoms with Gasteiger partial charge in [-0.2, -0.15) is 5.26 Å².